The summed E-state index contributed by atoms with van der Waals surface area (Å²) >= 11 is 0. The van der Waals surface area contributed by atoms with Crippen LogP contribution in [-0.4, -0.2) is 56.3 Å². The SMILES string of the molecule is COc1ccc(NC(=O)C2CCN(S(=O)(=O)c3cccc4nonc34)CC2)c(OC)c1. The van der Waals surface area contributed by atoms with Gasteiger partial charge in [-0.3, -0.25) is 4.79 Å². The number of anilines is 1. The Balaban J connectivity index is 1.44. The predicted molar refractivity (Wildman–Crippen MR) is 111 cm³/mol. The summed E-state index contributed by atoms with van der Waals surface area (Å²) < 4.78 is 42.7. The molecule has 1 saturated heterocycles. The summed E-state index contributed by atoms with van der Waals surface area (Å²) in [6.07, 6.45) is 0.799. The van der Waals surface area contributed by atoms with Crippen LogP contribution < -0.4 is 14.8 Å². The topological polar surface area (TPSA) is 124 Å². The number of carbonyl (C=O) groups is 1. The Morgan fingerprint density at radius 1 is 1.13 bits per heavy atom. The first-order valence-electron chi connectivity index (χ1n) is 9.68. The Morgan fingerprint density at radius 2 is 1.90 bits per heavy atom. The molecule has 1 fully saturated rings. The van der Waals surface area contributed by atoms with Gasteiger partial charge in [-0.1, -0.05) is 6.07 Å². The number of amides is 1. The lowest BCUT2D eigenvalue weighted by Crippen LogP contribution is -2.41. The van der Waals surface area contributed by atoms with Crippen molar-refractivity contribution in [3.05, 3.63) is 36.4 Å². The molecule has 1 aliphatic heterocycles. The van der Waals surface area contributed by atoms with Crippen LogP contribution in [0.3, 0.4) is 0 Å². The molecule has 31 heavy (non-hydrogen) atoms. The van der Waals surface area contributed by atoms with Crippen molar-refractivity contribution in [2.45, 2.75) is 17.7 Å². The number of hydrogen-bond acceptors (Lipinski definition) is 8. The third-order valence-corrected chi connectivity index (χ3v) is 7.29. The first-order valence-corrected chi connectivity index (χ1v) is 11.1. The first-order chi connectivity index (χ1) is 14.9. The molecule has 1 aromatic heterocycles. The molecule has 0 spiro atoms. The van der Waals surface area contributed by atoms with Gasteiger partial charge in [-0.05, 0) is 47.4 Å². The molecule has 0 saturated carbocycles. The molecule has 0 radical (unpaired) electrons. The maximum Gasteiger partial charge on any atom is 0.245 e. The molecule has 1 N–H and O–H groups in total. The lowest BCUT2D eigenvalue weighted by Gasteiger charge is -2.30. The number of nitrogens with zero attached hydrogens (tertiary/aromatic N) is 3. The van der Waals surface area contributed by atoms with Gasteiger partial charge in [0.25, 0.3) is 0 Å². The molecule has 0 unspecified atom stereocenters. The Bertz CT molecular complexity index is 1200. The number of hydrogen-bond donors (Lipinski definition) is 1. The van der Waals surface area contributed by atoms with Crippen LogP contribution in [0.2, 0.25) is 0 Å². The summed E-state index contributed by atoms with van der Waals surface area (Å²) in [5, 5.41) is 10.3. The van der Waals surface area contributed by atoms with Crippen LogP contribution >= 0.6 is 0 Å². The van der Waals surface area contributed by atoms with E-state index in [2.05, 4.69) is 20.3 Å². The van der Waals surface area contributed by atoms with Crippen LogP contribution in [0.1, 0.15) is 12.8 Å². The number of sulfonamides is 1. The largest absolute Gasteiger partial charge is 0.497 e. The number of piperidine rings is 1. The van der Waals surface area contributed by atoms with Crippen LogP contribution in [0, 0.1) is 5.92 Å². The van der Waals surface area contributed by atoms with E-state index in [-0.39, 0.29) is 35.3 Å². The third-order valence-electron chi connectivity index (χ3n) is 5.36. The quantitative estimate of drug-likeness (QED) is 0.612. The van der Waals surface area contributed by atoms with Crippen LogP contribution in [0.15, 0.2) is 45.9 Å². The van der Waals surface area contributed by atoms with Crippen molar-refractivity contribution in [3.8, 4) is 11.5 Å². The van der Waals surface area contributed by atoms with Crippen molar-refractivity contribution >= 4 is 32.7 Å². The van der Waals surface area contributed by atoms with Crippen molar-refractivity contribution < 1.29 is 27.3 Å². The first kappa shape index (κ1) is 21.1. The zero-order chi connectivity index (χ0) is 22.0. The van der Waals surface area contributed by atoms with Gasteiger partial charge in [0.05, 0.1) is 19.9 Å². The maximum atomic E-state index is 13.1. The molecule has 0 aliphatic carbocycles. The number of methoxy groups -OCH3 is 2. The van der Waals surface area contributed by atoms with E-state index in [1.807, 2.05) is 0 Å². The lowest BCUT2D eigenvalue weighted by atomic mass is 9.97. The van der Waals surface area contributed by atoms with Crippen molar-refractivity contribution in [2.24, 2.45) is 5.92 Å². The average Bonchev–Trinajstić information content (AvgIpc) is 3.28. The summed E-state index contributed by atoms with van der Waals surface area (Å²) in [5.41, 5.74) is 1.12. The average molecular weight is 446 g/mol. The van der Waals surface area contributed by atoms with Gasteiger partial charge in [-0.15, -0.1) is 0 Å². The normalized spacial score (nSPS) is 15.7. The molecule has 1 amide bonds. The molecule has 4 rings (SSSR count). The molecule has 164 valence electrons. The van der Waals surface area contributed by atoms with E-state index < -0.39 is 10.0 Å². The highest BCUT2D eigenvalue weighted by atomic mass is 32.2. The van der Waals surface area contributed by atoms with Gasteiger partial charge in [0.2, 0.25) is 15.9 Å². The molecule has 2 heterocycles. The molecule has 0 atom stereocenters. The number of rotatable bonds is 6. The zero-order valence-corrected chi connectivity index (χ0v) is 17.9. The van der Waals surface area contributed by atoms with Crippen LogP contribution in [-0.2, 0) is 14.8 Å². The van der Waals surface area contributed by atoms with E-state index in [9.17, 15) is 13.2 Å². The molecular formula is C20H22N4O6S. The van der Waals surface area contributed by atoms with Gasteiger partial charge in [-0.2, -0.15) is 4.31 Å². The second-order valence-electron chi connectivity index (χ2n) is 7.12. The van der Waals surface area contributed by atoms with Gasteiger partial charge in [0, 0.05) is 25.1 Å². The Morgan fingerprint density at radius 3 is 2.61 bits per heavy atom. The maximum absolute atomic E-state index is 13.1. The zero-order valence-electron chi connectivity index (χ0n) is 17.1. The van der Waals surface area contributed by atoms with E-state index in [4.69, 9.17) is 9.47 Å². The molecule has 0 bridgehead atoms. The minimum Gasteiger partial charge on any atom is -0.497 e. The second kappa shape index (κ2) is 8.52. The van der Waals surface area contributed by atoms with Crippen LogP contribution in [0.5, 0.6) is 11.5 Å². The predicted octanol–water partition coefficient (Wildman–Crippen LogP) is 2.28. The van der Waals surface area contributed by atoms with E-state index in [1.165, 1.54) is 17.5 Å². The Kier molecular flexibility index (Phi) is 5.79. The van der Waals surface area contributed by atoms with E-state index in [0.717, 1.165) is 0 Å². The Labute approximate surface area is 179 Å². The van der Waals surface area contributed by atoms with Gasteiger partial charge in [-0.25, -0.2) is 13.0 Å². The summed E-state index contributed by atoms with van der Waals surface area (Å²) in [7, 11) is -0.717. The fraction of sp³-hybridized carbons (Fsp3) is 0.350. The number of aromatic nitrogens is 2. The van der Waals surface area contributed by atoms with Crippen molar-refractivity contribution in [1.29, 1.82) is 0 Å². The minimum absolute atomic E-state index is 0.0529. The van der Waals surface area contributed by atoms with Crippen LogP contribution in [0.4, 0.5) is 5.69 Å². The monoisotopic (exact) mass is 446 g/mol. The highest BCUT2D eigenvalue weighted by Crippen LogP contribution is 2.31. The summed E-state index contributed by atoms with van der Waals surface area (Å²) in [4.78, 5) is 12.8. The number of ether oxygens (including phenoxy) is 2. The number of benzene rings is 2. The van der Waals surface area contributed by atoms with E-state index in [1.54, 1.807) is 37.4 Å². The van der Waals surface area contributed by atoms with Gasteiger partial charge in [0.1, 0.15) is 21.9 Å². The fourth-order valence-electron chi connectivity index (χ4n) is 3.62. The van der Waals surface area contributed by atoms with Gasteiger partial charge < -0.3 is 14.8 Å². The van der Waals surface area contributed by atoms with Crippen LogP contribution in [0.25, 0.3) is 11.0 Å². The van der Waals surface area contributed by atoms with E-state index >= 15 is 0 Å². The summed E-state index contributed by atoms with van der Waals surface area (Å²) in [6, 6.07) is 9.84. The summed E-state index contributed by atoms with van der Waals surface area (Å²) in [5.74, 6) is 0.610. The third kappa shape index (κ3) is 4.06. The number of carbonyl (C=O) groups excluding carboxylic acids is 1. The minimum atomic E-state index is -3.78. The molecule has 11 heteroatoms. The smallest absolute Gasteiger partial charge is 0.245 e. The molecule has 3 aromatic rings. The number of nitrogens with one attached hydrogen (secondary N) is 1. The van der Waals surface area contributed by atoms with Crippen molar-refractivity contribution in [2.75, 3.05) is 32.6 Å². The second-order valence-corrected chi connectivity index (χ2v) is 9.03. The van der Waals surface area contributed by atoms with Gasteiger partial charge >= 0.3 is 0 Å². The fourth-order valence-corrected chi connectivity index (χ4v) is 5.23. The highest BCUT2D eigenvalue weighted by Gasteiger charge is 2.34. The lowest BCUT2D eigenvalue weighted by molar-refractivity contribution is -0.120. The number of fused-ring (bicyclic) bond motifs is 1. The molecular weight excluding hydrogens is 424 g/mol. The summed E-state index contributed by atoms with van der Waals surface area (Å²) in [6.45, 7) is 0.448. The van der Waals surface area contributed by atoms with Crippen molar-refractivity contribution in [1.82, 2.24) is 14.6 Å². The molecule has 2 aromatic carbocycles. The van der Waals surface area contributed by atoms with Gasteiger partial charge in [0.15, 0.2) is 5.52 Å². The Hall–Kier alpha value is -3.18. The standard InChI is InChI=1S/C20H22N4O6S/c1-28-14-6-7-15(17(12-14)29-2)21-20(25)13-8-10-24(11-9-13)31(26,27)18-5-3-4-16-19(18)23-30-22-16/h3-7,12-13H,8-11H2,1-2H3,(H,21,25). The molecule has 10 nitrogen and oxygen atoms in total. The van der Waals surface area contributed by atoms with E-state index in [0.29, 0.717) is 35.5 Å². The van der Waals surface area contributed by atoms with Crippen molar-refractivity contribution in [3.63, 3.8) is 0 Å². The highest BCUT2D eigenvalue weighted by molar-refractivity contribution is 7.89. The molecule has 1 aliphatic rings.